The van der Waals surface area contributed by atoms with Gasteiger partial charge in [-0.2, -0.15) is 0 Å². The Morgan fingerprint density at radius 2 is 2.13 bits per heavy atom. The Balaban J connectivity index is 1.60. The molecule has 5 atom stereocenters. The SMILES string of the molecule is CO[C@H]1C[SH](c2ccc(Cl)c(Cl)c2)[C@H](CO)[C@H](O)[C@@H]1n1cc(C(=O)NC2CC2)nn1. The molecule has 30 heavy (non-hydrogen) atoms. The van der Waals surface area contributed by atoms with Crippen LogP contribution in [0.3, 0.4) is 0 Å². The van der Waals surface area contributed by atoms with Gasteiger partial charge in [-0.05, 0) is 35.9 Å². The van der Waals surface area contributed by atoms with Crippen molar-refractivity contribution < 1.29 is 19.7 Å². The van der Waals surface area contributed by atoms with Gasteiger partial charge in [0.05, 0.1) is 35.1 Å². The third-order valence-electron chi connectivity index (χ3n) is 5.59. The van der Waals surface area contributed by atoms with Crippen LogP contribution in [0.2, 0.25) is 10.0 Å². The fourth-order valence-electron chi connectivity index (χ4n) is 3.79. The van der Waals surface area contributed by atoms with Crippen LogP contribution in [0.1, 0.15) is 29.4 Å². The van der Waals surface area contributed by atoms with E-state index >= 15 is 0 Å². The smallest absolute Gasteiger partial charge is 0.273 e. The maximum atomic E-state index is 12.3. The van der Waals surface area contributed by atoms with Gasteiger partial charge in [0.1, 0.15) is 6.04 Å². The molecule has 2 aliphatic rings. The van der Waals surface area contributed by atoms with Crippen molar-refractivity contribution in [1.29, 1.82) is 0 Å². The van der Waals surface area contributed by atoms with E-state index in [2.05, 4.69) is 15.6 Å². The highest BCUT2D eigenvalue weighted by molar-refractivity contribution is 8.17. The van der Waals surface area contributed by atoms with E-state index in [-0.39, 0.29) is 30.4 Å². The van der Waals surface area contributed by atoms with Crippen LogP contribution in [-0.4, -0.2) is 74.1 Å². The lowest BCUT2D eigenvalue weighted by Crippen LogP contribution is -2.50. The summed E-state index contributed by atoms with van der Waals surface area (Å²) in [4.78, 5) is 13.2. The van der Waals surface area contributed by atoms with Crippen molar-refractivity contribution in [3.8, 4) is 0 Å². The highest BCUT2D eigenvalue weighted by atomic mass is 35.5. The van der Waals surface area contributed by atoms with Gasteiger partial charge in [0.2, 0.25) is 0 Å². The number of rotatable bonds is 6. The predicted octanol–water partition coefficient (Wildman–Crippen LogP) is 1.83. The summed E-state index contributed by atoms with van der Waals surface area (Å²) in [6.07, 6.45) is 2.14. The molecule has 11 heteroatoms. The number of carbonyl (C=O) groups excluding carboxylic acids is 1. The zero-order valence-corrected chi connectivity index (χ0v) is 18.7. The number of benzene rings is 1. The molecule has 3 N–H and O–H groups in total. The summed E-state index contributed by atoms with van der Waals surface area (Å²) in [6, 6.07) is 5.01. The second-order valence-corrected chi connectivity index (χ2v) is 10.9. The van der Waals surface area contributed by atoms with Crippen LogP contribution in [0.25, 0.3) is 0 Å². The fourth-order valence-corrected chi connectivity index (χ4v) is 7.09. The van der Waals surface area contributed by atoms with E-state index in [1.807, 2.05) is 6.07 Å². The zero-order valence-electron chi connectivity index (χ0n) is 16.3. The molecule has 8 nitrogen and oxygen atoms in total. The van der Waals surface area contributed by atoms with E-state index in [1.54, 1.807) is 19.2 Å². The Hall–Kier alpha value is -1.36. The van der Waals surface area contributed by atoms with Crippen LogP contribution >= 0.6 is 34.1 Å². The summed E-state index contributed by atoms with van der Waals surface area (Å²) in [6.45, 7) is -0.205. The van der Waals surface area contributed by atoms with Crippen molar-refractivity contribution in [3.63, 3.8) is 0 Å². The number of carbonyl (C=O) groups is 1. The fraction of sp³-hybridized carbons (Fsp3) is 0.526. The molecule has 1 aliphatic heterocycles. The first-order valence-corrected chi connectivity index (χ1v) is 12.0. The quantitative estimate of drug-likeness (QED) is 0.475. The summed E-state index contributed by atoms with van der Waals surface area (Å²) < 4.78 is 7.17. The molecule has 0 spiro atoms. The minimum atomic E-state index is -0.978. The normalized spacial score (nSPS) is 30.2. The van der Waals surface area contributed by atoms with Crippen molar-refractivity contribution in [3.05, 3.63) is 40.1 Å². The summed E-state index contributed by atoms with van der Waals surface area (Å²) >= 11 is 12.2. The van der Waals surface area contributed by atoms with Gasteiger partial charge in [0.25, 0.3) is 5.91 Å². The summed E-state index contributed by atoms with van der Waals surface area (Å²) in [5.41, 5.74) is 0.196. The van der Waals surface area contributed by atoms with Crippen molar-refractivity contribution in [1.82, 2.24) is 20.3 Å². The minimum Gasteiger partial charge on any atom is -0.395 e. The zero-order chi connectivity index (χ0) is 21.4. The van der Waals surface area contributed by atoms with Crippen molar-refractivity contribution in [2.75, 3.05) is 19.5 Å². The predicted molar refractivity (Wildman–Crippen MR) is 116 cm³/mol. The number of nitrogens with one attached hydrogen (secondary N) is 1. The van der Waals surface area contributed by atoms with Gasteiger partial charge in [-0.15, -0.1) is 5.10 Å². The lowest BCUT2D eigenvalue weighted by atomic mass is 10.0. The van der Waals surface area contributed by atoms with E-state index in [1.165, 1.54) is 10.9 Å². The van der Waals surface area contributed by atoms with Gasteiger partial charge in [0.15, 0.2) is 5.69 Å². The van der Waals surface area contributed by atoms with E-state index < -0.39 is 28.3 Å². The maximum absolute atomic E-state index is 12.3. The second-order valence-electron chi connectivity index (χ2n) is 7.59. The number of hydrogen-bond donors (Lipinski definition) is 4. The standard InChI is InChI=1S/C19H24Cl2N4O4S/c1-29-15-9-30(11-4-5-12(20)13(21)6-11)16(8-26)18(27)17(15)25-7-14(23-24-25)19(28)22-10-2-3-10/h4-7,10,15-18,26-27,30H,2-3,8-9H2,1H3,(H,22,28)/t15-,16+,17+,18-/m0/s1. The average Bonchev–Trinajstić information content (AvgIpc) is 3.41. The molecule has 1 unspecified atom stereocenters. The second kappa shape index (κ2) is 9.02. The maximum Gasteiger partial charge on any atom is 0.273 e. The van der Waals surface area contributed by atoms with Crippen molar-refractivity contribution >= 4 is 40.0 Å². The van der Waals surface area contributed by atoms with Gasteiger partial charge < -0.3 is 20.3 Å². The number of hydrogen-bond acceptors (Lipinski definition) is 6. The Morgan fingerprint density at radius 3 is 2.77 bits per heavy atom. The number of ether oxygens (including phenoxy) is 1. The van der Waals surface area contributed by atoms with E-state index in [4.69, 9.17) is 27.9 Å². The number of methoxy groups -OCH3 is 1. The number of amides is 1. The number of aliphatic hydroxyl groups is 2. The highest BCUT2D eigenvalue weighted by Crippen LogP contribution is 2.51. The third kappa shape index (κ3) is 4.32. The summed E-state index contributed by atoms with van der Waals surface area (Å²) in [7, 11) is 0.595. The number of thiol groups is 1. The van der Waals surface area contributed by atoms with Crippen LogP contribution in [0.15, 0.2) is 29.3 Å². The van der Waals surface area contributed by atoms with Crippen LogP contribution in [-0.2, 0) is 4.74 Å². The molecule has 2 fully saturated rings. The molecule has 1 aromatic carbocycles. The first-order valence-electron chi connectivity index (χ1n) is 9.69. The van der Waals surface area contributed by atoms with E-state index in [0.29, 0.717) is 15.8 Å². The topological polar surface area (TPSA) is 110 Å². The Labute approximate surface area is 186 Å². The lowest BCUT2D eigenvalue weighted by Gasteiger charge is -2.46. The molecule has 2 heterocycles. The van der Waals surface area contributed by atoms with Crippen molar-refractivity contribution in [2.45, 2.75) is 47.3 Å². The number of aliphatic hydroxyl groups excluding tert-OH is 2. The Morgan fingerprint density at radius 1 is 1.37 bits per heavy atom. The van der Waals surface area contributed by atoms with Crippen molar-refractivity contribution in [2.24, 2.45) is 0 Å². The van der Waals surface area contributed by atoms with Crippen LogP contribution in [0, 0.1) is 0 Å². The molecule has 164 valence electrons. The molecule has 0 bridgehead atoms. The monoisotopic (exact) mass is 474 g/mol. The average molecular weight is 475 g/mol. The molecule has 0 radical (unpaired) electrons. The van der Waals surface area contributed by atoms with Gasteiger partial charge >= 0.3 is 0 Å². The molecule has 1 saturated carbocycles. The molecular weight excluding hydrogens is 451 g/mol. The van der Waals surface area contributed by atoms with Gasteiger partial charge in [-0.3, -0.25) is 4.79 Å². The number of halogens is 2. The van der Waals surface area contributed by atoms with E-state index in [9.17, 15) is 15.0 Å². The molecular formula is C19H24Cl2N4O4S. The summed E-state index contributed by atoms with van der Waals surface area (Å²) in [5, 5.41) is 32.7. The van der Waals surface area contributed by atoms with Gasteiger partial charge in [-0.1, -0.05) is 28.4 Å². The number of nitrogens with zero attached hydrogens (tertiary/aromatic N) is 3. The first kappa shape index (κ1) is 21.9. The van der Waals surface area contributed by atoms with E-state index in [0.717, 1.165) is 17.7 Å². The molecule has 1 amide bonds. The van der Waals surface area contributed by atoms with Gasteiger partial charge in [-0.25, -0.2) is 15.6 Å². The molecule has 1 aliphatic carbocycles. The molecule has 1 saturated heterocycles. The summed E-state index contributed by atoms with van der Waals surface area (Å²) in [5.74, 6) is 0.306. The highest BCUT2D eigenvalue weighted by Gasteiger charge is 2.45. The minimum absolute atomic E-state index is 0.196. The van der Waals surface area contributed by atoms with Crippen LogP contribution in [0.4, 0.5) is 0 Å². The molecule has 2 aromatic rings. The molecule has 4 rings (SSSR count). The van der Waals surface area contributed by atoms with Crippen LogP contribution in [0.5, 0.6) is 0 Å². The Bertz CT molecular complexity index is 926. The van der Waals surface area contributed by atoms with Gasteiger partial charge in [0, 0.05) is 24.2 Å². The van der Waals surface area contributed by atoms with Crippen LogP contribution < -0.4 is 5.32 Å². The largest absolute Gasteiger partial charge is 0.395 e. The number of aromatic nitrogens is 3. The first-order chi connectivity index (χ1) is 14.4. The third-order valence-corrected chi connectivity index (χ3v) is 9.29. The Kier molecular flexibility index (Phi) is 6.57. The molecule has 1 aromatic heterocycles. The lowest BCUT2D eigenvalue weighted by molar-refractivity contribution is -0.0139.